The van der Waals surface area contributed by atoms with Crippen LogP contribution in [-0.4, -0.2) is 33.5 Å². The molecule has 0 aliphatic heterocycles. The number of carbonyl (C=O) groups excluding carboxylic acids is 1. The van der Waals surface area contributed by atoms with Gasteiger partial charge in [-0.15, -0.1) is 10.2 Å². The van der Waals surface area contributed by atoms with Crippen molar-refractivity contribution in [2.45, 2.75) is 31.5 Å². The first-order valence-corrected chi connectivity index (χ1v) is 5.97. The van der Waals surface area contributed by atoms with Crippen LogP contribution in [0.15, 0.2) is 11.5 Å². The molecule has 0 bridgehead atoms. The van der Waals surface area contributed by atoms with E-state index in [2.05, 4.69) is 22.4 Å². The molecule has 0 atom stereocenters. The number of unbranched alkanes of at least 4 members (excludes halogenated alkanes) is 1. The Hall–Kier alpha value is -1.04. The molecule has 0 radical (unpaired) electrons. The summed E-state index contributed by atoms with van der Waals surface area (Å²) in [5.74, 6) is 0.395. The molecule has 84 valence electrons. The summed E-state index contributed by atoms with van der Waals surface area (Å²) in [5.41, 5.74) is 0. The highest BCUT2D eigenvalue weighted by Gasteiger charge is 2.06. The van der Waals surface area contributed by atoms with Gasteiger partial charge < -0.3 is 9.88 Å². The summed E-state index contributed by atoms with van der Waals surface area (Å²) in [6, 6.07) is 0. The van der Waals surface area contributed by atoms with Crippen molar-refractivity contribution in [2.24, 2.45) is 0 Å². The predicted molar refractivity (Wildman–Crippen MR) is 59.7 cm³/mol. The molecule has 15 heavy (non-hydrogen) atoms. The predicted octanol–water partition coefficient (Wildman–Crippen LogP) is 0.916. The fourth-order valence-corrected chi connectivity index (χ4v) is 1.85. The third kappa shape index (κ3) is 3.91. The van der Waals surface area contributed by atoms with Crippen LogP contribution in [0.4, 0.5) is 0 Å². The topological polar surface area (TPSA) is 59.8 Å². The Balaban J connectivity index is 2.45. The lowest BCUT2D eigenvalue weighted by atomic mass is 10.3. The van der Waals surface area contributed by atoms with Crippen LogP contribution in [0.3, 0.4) is 0 Å². The van der Waals surface area contributed by atoms with Gasteiger partial charge in [0.05, 0.1) is 5.75 Å². The quantitative estimate of drug-likeness (QED) is 0.735. The van der Waals surface area contributed by atoms with Gasteiger partial charge in [-0.3, -0.25) is 4.79 Å². The highest BCUT2D eigenvalue weighted by Crippen LogP contribution is 2.14. The molecule has 0 aliphatic rings. The van der Waals surface area contributed by atoms with Crippen molar-refractivity contribution in [3.05, 3.63) is 6.33 Å². The van der Waals surface area contributed by atoms with E-state index in [0.29, 0.717) is 5.75 Å². The van der Waals surface area contributed by atoms with E-state index in [1.807, 2.05) is 4.57 Å². The summed E-state index contributed by atoms with van der Waals surface area (Å²) in [6.07, 6.45) is 3.95. The first kappa shape index (κ1) is 12.0. The van der Waals surface area contributed by atoms with Crippen molar-refractivity contribution in [3.63, 3.8) is 0 Å². The van der Waals surface area contributed by atoms with E-state index in [9.17, 15) is 4.79 Å². The normalized spacial score (nSPS) is 10.3. The first-order chi connectivity index (χ1) is 7.27. The number of nitrogens with zero attached hydrogens (tertiary/aromatic N) is 3. The van der Waals surface area contributed by atoms with E-state index in [0.717, 1.165) is 24.5 Å². The van der Waals surface area contributed by atoms with Crippen LogP contribution in [-0.2, 0) is 11.3 Å². The molecule has 0 aromatic carbocycles. The third-order valence-electron chi connectivity index (χ3n) is 1.94. The highest BCUT2D eigenvalue weighted by atomic mass is 32.2. The molecule has 1 amide bonds. The molecule has 1 rings (SSSR count). The van der Waals surface area contributed by atoms with Crippen molar-refractivity contribution in [2.75, 3.05) is 12.8 Å². The standard InChI is InChI=1S/C9H16N4OS/c1-3-4-5-13-7-11-12-9(13)15-6-8(14)10-2/h7H,3-6H2,1-2H3,(H,10,14). The van der Waals surface area contributed by atoms with Crippen molar-refractivity contribution in [1.29, 1.82) is 0 Å². The summed E-state index contributed by atoms with van der Waals surface area (Å²) >= 11 is 1.41. The smallest absolute Gasteiger partial charge is 0.230 e. The zero-order valence-electron chi connectivity index (χ0n) is 9.06. The summed E-state index contributed by atoms with van der Waals surface area (Å²) in [5, 5.41) is 11.2. The highest BCUT2D eigenvalue weighted by molar-refractivity contribution is 7.99. The number of rotatable bonds is 6. The van der Waals surface area contributed by atoms with Crippen molar-refractivity contribution in [3.8, 4) is 0 Å². The van der Waals surface area contributed by atoms with Gasteiger partial charge >= 0.3 is 0 Å². The van der Waals surface area contributed by atoms with E-state index in [1.54, 1.807) is 13.4 Å². The van der Waals surface area contributed by atoms with E-state index in [4.69, 9.17) is 0 Å². The molecule has 1 heterocycles. The lowest BCUT2D eigenvalue weighted by molar-refractivity contribution is -0.118. The van der Waals surface area contributed by atoms with Crippen LogP contribution in [0.1, 0.15) is 19.8 Å². The Morgan fingerprint density at radius 2 is 2.47 bits per heavy atom. The van der Waals surface area contributed by atoms with E-state index < -0.39 is 0 Å². The second-order valence-corrected chi connectivity index (χ2v) is 4.06. The molecule has 0 fully saturated rings. The minimum atomic E-state index is 0.00467. The molecule has 0 saturated heterocycles. The Labute approximate surface area is 93.6 Å². The average molecular weight is 228 g/mol. The lowest BCUT2D eigenvalue weighted by Gasteiger charge is -2.04. The first-order valence-electron chi connectivity index (χ1n) is 4.99. The number of hydrogen-bond acceptors (Lipinski definition) is 4. The molecule has 1 aromatic rings. The van der Waals surface area contributed by atoms with Gasteiger partial charge in [0, 0.05) is 13.6 Å². The van der Waals surface area contributed by atoms with Crippen LogP contribution < -0.4 is 5.32 Å². The van der Waals surface area contributed by atoms with Crippen LogP contribution in [0.5, 0.6) is 0 Å². The number of amides is 1. The Bertz CT molecular complexity index is 313. The molecule has 0 saturated carbocycles. The maximum atomic E-state index is 11.0. The number of aromatic nitrogens is 3. The molecule has 1 aromatic heterocycles. The van der Waals surface area contributed by atoms with Gasteiger partial charge in [-0.25, -0.2) is 0 Å². The second kappa shape index (κ2) is 6.44. The van der Waals surface area contributed by atoms with Gasteiger partial charge in [-0.2, -0.15) is 0 Å². The Morgan fingerprint density at radius 3 is 3.13 bits per heavy atom. The van der Waals surface area contributed by atoms with Crippen LogP contribution in [0.2, 0.25) is 0 Å². The SMILES string of the molecule is CCCCn1cnnc1SCC(=O)NC. The fraction of sp³-hybridized carbons (Fsp3) is 0.667. The summed E-state index contributed by atoms with van der Waals surface area (Å²) < 4.78 is 1.98. The number of thioether (sulfide) groups is 1. The maximum absolute atomic E-state index is 11.0. The number of carbonyl (C=O) groups is 1. The van der Waals surface area contributed by atoms with Gasteiger partial charge in [0.25, 0.3) is 0 Å². The lowest BCUT2D eigenvalue weighted by Crippen LogP contribution is -2.20. The number of aryl methyl sites for hydroxylation is 1. The van der Waals surface area contributed by atoms with E-state index in [1.165, 1.54) is 11.8 Å². The minimum absolute atomic E-state index is 0.00467. The molecule has 0 aliphatic carbocycles. The molecule has 0 unspecified atom stereocenters. The van der Waals surface area contributed by atoms with E-state index >= 15 is 0 Å². The average Bonchev–Trinajstić information content (AvgIpc) is 2.70. The van der Waals surface area contributed by atoms with Crippen molar-refractivity contribution >= 4 is 17.7 Å². The molecule has 0 spiro atoms. The minimum Gasteiger partial charge on any atom is -0.358 e. The Morgan fingerprint density at radius 1 is 1.67 bits per heavy atom. The second-order valence-electron chi connectivity index (χ2n) is 3.12. The molecular weight excluding hydrogens is 212 g/mol. The van der Waals surface area contributed by atoms with Crippen LogP contribution in [0.25, 0.3) is 0 Å². The number of nitrogens with one attached hydrogen (secondary N) is 1. The summed E-state index contributed by atoms with van der Waals surface area (Å²) in [6.45, 7) is 3.06. The number of hydrogen-bond donors (Lipinski definition) is 1. The van der Waals surface area contributed by atoms with Gasteiger partial charge in [0.1, 0.15) is 6.33 Å². The van der Waals surface area contributed by atoms with Gasteiger partial charge in [-0.05, 0) is 6.42 Å². The van der Waals surface area contributed by atoms with Gasteiger partial charge in [-0.1, -0.05) is 25.1 Å². The maximum Gasteiger partial charge on any atom is 0.230 e. The van der Waals surface area contributed by atoms with Crippen molar-refractivity contribution < 1.29 is 4.79 Å². The molecule has 6 heteroatoms. The van der Waals surface area contributed by atoms with Crippen molar-refractivity contribution in [1.82, 2.24) is 20.1 Å². The largest absolute Gasteiger partial charge is 0.358 e. The summed E-state index contributed by atoms with van der Waals surface area (Å²) in [7, 11) is 1.63. The zero-order valence-corrected chi connectivity index (χ0v) is 9.88. The monoisotopic (exact) mass is 228 g/mol. The fourth-order valence-electron chi connectivity index (χ4n) is 1.04. The third-order valence-corrected chi connectivity index (χ3v) is 2.92. The zero-order chi connectivity index (χ0) is 11.1. The molecule has 5 nitrogen and oxygen atoms in total. The summed E-state index contributed by atoms with van der Waals surface area (Å²) in [4.78, 5) is 11.0. The Kier molecular flexibility index (Phi) is 5.17. The molecule has 1 N–H and O–H groups in total. The molecular formula is C9H16N4OS. The van der Waals surface area contributed by atoms with Gasteiger partial charge in [0.15, 0.2) is 5.16 Å². The van der Waals surface area contributed by atoms with Crippen LogP contribution in [0, 0.1) is 0 Å². The van der Waals surface area contributed by atoms with E-state index in [-0.39, 0.29) is 5.91 Å². The van der Waals surface area contributed by atoms with Gasteiger partial charge in [0.2, 0.25) is 5.91 Å². The van der Waals surface area contributed by atoms with Crippen LogP contribution >= 0.6 is 11.8 Å².